The molecule has 6 heteroatoms. The molecule has 0 bridgehead atoms. The van der Waals surface area contributed by atoms with Crippen LogP contribution in [0.15, 0.2) is 54.7 Å². The first kappa shape index (κ1) is 19.8. The molecule has 3 aromatic rings. The van der Waals surface area contributed by atoms with Gasteiger partial charge in [-0.2, -0.15) is 5.10 Å². The molecule has 6 nitrogen and oxygen atoms in total. The fourth-order valence-corrected chi connectivity index (χ4v) is 4.59. The molecule has 0 N–H and O–H groups in total. The standard InChI is InChI=1S/C25H28N4O2/c1-2-29-23(9-11-26-29)25(30)28-13-14-31-24-8-7-19(15-22(24)18-28)16-27-12-10-20-5-3-4-6-21(20)17-27/h3-9,11,15H,2,10,12-14,16-18H2,1H3. The van der Waals surface area contributed by atoms with Crippen LogP contribution in [0.25, 0.3) is 0 Å². The van der Waals surface area contributed by atoms with E-state index >= 15 is 0 Å². The third kappa shape index (κ3) is 4.08. The Labute approximate surface area is 183 Å². The summed E-state index contributed by atoms with van der Waals surface area (Å²) in [6.07, 6.45) is 2.78. The molecule has 0 fully saturated rings. The first-order valence-corrected chi connectivity index (χ1v) is 11.1. The molecule has 160 valence electrons. The number of carbonyl (C=O) groups excluding carboxylic acids is 1. The van der Waals surface area contributed by atoms with E-state index in [9.17, 15) is 4.79 Å². The van der Waals surface area contributed by atoms with Gasteiger partial charge >= 0.3 is 0 Å². The van der Waals surface area contributed by atoms with Gasteiger partial charge in [0, 0.05) is 44.5 Å². The van der Waals surface area contributed by atoms with Crippen molar-refractivity contribution in [1.82, 2.24) is 19.6 Å². The maximum Gasteiger partial charge on any atom is 0.272 e. The molecule has 2 aliphatic rings. The molecular formula is C25H28N4O2. The lowest BCUT2D eigenvalue weighted by atomic mass is 9.99. The SMILES string of the molecule is CCn1nccc1C(=O)N1CCOc2ccc(CN3CCc4ccccc4C3)cc2C1. The number of nitrogens with zero attached hydrogens (tertiary/aromatic N) is 4. The molecule has 0 radical (unpaired) electrons. The molecule has 0 saturated heterocycles. The fourth-order valence-electron chi connectivity index (χ4n) is 4.59. The summed E-state index contributed by atoms with van der Waals surface area (Å²) in [5.41, 5.74) is 5.86. The molecule has 1 aromatic heterocycles. The van der Waals surface area contributed by atoms with Crippen molar-refractivity contribution in [3.63, 3.8) is 0 Å². The summed E-state index contributed by atoms with van der Waals surface area (Å²) >= 11 is 0. The topological polar surface area (TPSA) is 50.6 Å². The summed E-state index contributed by atoms with van der Waals surface area (Å²) in [6.45, 7) is 7.25. The number of fused-ring (bicyclic) bond motifs is 2. The number of aromatic nitrogens is 2. The number of amides is 1. The minimum Gasteiger partial charge on any atom is -0.491 e. The monoisotopic (exact) mass is 416 g/mol. The van der Waals surface area contributed by atoms with Crippen LogP contribution in [0.3, 0.4) is 0 Å². The van der Waals surface area contributed by atoms with Crippen molar-refractivity contribution >= 4 is 5.91 Å². The van der Waals surface area contributed by atoms with Gasteiger partial charge in [0.2, 0.25) is 0 Å². The Balaban J connectivity index is 1.32. The molecule has 3 heterocycles. The number of hydrogen-bond donors (Lipinski definition) is 0. The summed E-state index contributed by atoms with van der Waals surface area (Å²) in [5.74, 6) is 0.890. The van der Waals surface area contributed by atoms with E-state index in [2.05, 4.69) is 52.5 Å². The van der Waals surface area contributed by atoms with E-state index < -0.39 is 0 Å². The number of ether oxygens (including phenoxy) is 1. The lowest BCUT2D eigenvalue weighted by molar-refractivity contribution is 0.0720. The number of benzene rings is 2. The minimum absolute atomic E-state index is 0.00819. The molecular weight excluding hydrogens is 388 g/mol. The van der Waals surface area contributed by atoms with Crippen LogP contribution in [0.4, 0.5) is 0 Å². The molecule has 1 amide bonds. The van der Waals surface area contributed by atoms with Gasteiger partial charge in [0.05, 0.1) is 6.54 Å². The van der Waals surface area contributed by atoms with Gasteiger partial charge in [-0.3, -0.25) is 14.4 Å². The molecule has 0 aliphatic carbocycles. The van der Waals surface area contributed by atoms with Crippen LogP contribution in [-0.2, 0) is 32.6 Å². The molecule has 31 heavy (non-hydrogen) atoms. The van der Waals surface area contributed by atoms with Gasteiger partial charge in [0.1, 0.15) is 18.1 Å². The Hall–Kier alpha value is -3.12. The maximum absolute atomic E-state index is 13.1. The second-order valence-electron chi connectivity index (χ2n) is 8.28. The van der Waals surface area contributed by atoms with E-state index in [1.54, 1.807) is 16.9 Å². The first-order chi connectivity index (χ1) is 15.2. The highest BCUT2D eigenvalue weighted by Crippen LogP contribution is 2.27. The van der Waals surface area contributed by atoms with E-state index in [-0.39, 0.29) is 5.91 Å². The summed E-state index contributed by atoms with van der Waals surface area (Å²) in [5, 5.41) is 4.25. The van der Waals surface area contributed by atoms with Crippen LogP contribution in [-0.4, -0.2) is 45.2 Å². The van der Waals surface area contributed by atoms with E-state index in [4.69, 9.17) is 4.74 Å². The minimum atomic E-state index is 0.00819. The van der Waals surface area contributed by atoms with Crippen LogP contribution >= 0.6 is 0 Å². The van der Waals surface area contributed by atoms with Crippen LogP contribution < -0.4 is 4.74 Å². The normalized spacial score (nSPS) is 16.2. The third-order valence-electron chi connectivity index (χ3n) is 6.24. The van der Waals surface area contributed by atoms with Gasteiger partial charge in [0.25, 0.3) is 5.91 Å². The number of rotatable bonds is 4. The van der Waals surface area contributed by atoms with E-state index in [1.165, 1.54) is 16.7 Å². The van der Waals surface area contributed by atoms with Crippen LogP contribution in [0.1, 0.15) is 39.7 Å². The molecule has 5 rings (SSSR count). The summed E-state index contributed by atoms with van der Waals surface area (Å²) < 4.78 is 7.71. The Morgan fingerprint density at radius 2 is 1.90 bits per heavy atom. The van der Waals surface area contributed by atoms with Crippen molar-refractivity contribution in [2.45, 2.75) is 39.5 Å². The summed E-state index contributed by atoms with van der Waals surface area (Å²) in [4.78, 5) is 17.5. The van der Waals surface area contributed by atoms with E-state index in [1.807, 2.05) is 11.8 Å². The van der Waals surface area contributed by atoms with Gasteiger partial charge in [0.15, 0.2) is 0 Å². The Morgan fingerprint density at radius 3 is 2.77 bits per heavy atom. The van der Waals surface area contributed by atoms with Gasteiger partial charge in [-0.25, -0.2) is 0 Å². The fraction of sp³-hybridized carbons (Fsp3) is 0.360. The predicted octanol–water partition coefficient (Wildman–Crippen LogP) is 3.50. The van der Waals surface area contributed by atoms with E-state index in [0.717, 1.165) is 37.4 Å². The van der Waals surface area contributed by atoms with Crippen molar-refractivity contribution in [1.29, 1.82) is 0 Å². The highest BCUT2D eigenvalue weighted by molar-refractivity contribution is 5.92. The molecule has 0 atom stereocenters. The first-order valence-electron chi connectivity index (χ1n) is 11.1. The number of carbonyl (C=O) groups is 1. The Kier molecular flexibility index (Phi) is 5.47. The zero-order chi connectivity index (χ0) is 21.2. The zero-order valence-corrected chi connectivity index (χ0v) is 18.0. The number of aryl methyl sites for hydroxylation is 1. The highest BCUT2D eigenvalue weighted by Gasteiger charge is 2.24. The van der Waals surface area contributed by atoms with Gasteiger partial charge in [-0.05, 0) is 48.2 Å². The average Bonchev–Trinajstić information content (AvgIpc) is 3.18. The van der Waals surface area contributed by atoms with E-state index in [0.29, 0.717) is 31.9 Å². The number of hydrogen-bond acceptors (Lipinski definition) is 4. The van der Waals surface area contributed by atoms with Crippen molar-refractivity contribution in [3.8, 4) is 5.75 Å². The second kappa shape index (κ2) is 8.55. The van der Waals surface area contributed by atoms with Crippen LogP contribution in [0.5, 0.6) is 5.75 Å². The smallest absolute Gasteiger partial charge is 0.272 e. The maximum atomic E-state index is 13.1. The predicted molar refractivity (Wildman–Crippen MR) is 119 cm³/mol. The van der Waals surface area contributed by atoms with Crippen LogP contribution in [0, 0.1) is 0 Å². The molecule has 2 aromatic carbocycles. The van der Waals surface area contributed by atoms with Crippen molar-refractivity contribution in [2.75, 3.05) is 19.7 Å². The van der Waals surface area contributed by atoms with Crippen molar-refractivity contribution in [2.24, 2.45) is 0 Å². The lowest BCUT2D eigenvalue weighted by Gasteiger charge is -2.29. The highest BCUT2D eigenvalue weighted by atomic mass is 16.5. The molecule has 0 saturated carbocycles. The third-order valence-corrected chi connectivity index (χ3v) is 6.24. The van der Waals surface area contributed by atoms with Gasteiger partial charge in [-0.15, -0.1) is 0 Å². The van der Waals surface area contributed by atoms with Crippen molar-refractivity contribution < 1.29 is 9.53 Å². The van der Waals surface area contributed by atoms with Gasteiger partial charge in [-0.1, -0.05) is 30.3 Å². The van der Waals surface area contributed by atoms with Crippen molar-refractivity contribution in [3.05, 3.63) is 82.7 Å². The Morgan fingerprint density at radius 1 is 1.03 bits per heavy atom. The van der Waals surface area contributed by atoms with Crippen LogP contribution in [0.2, 0.25) is 0 Å². The molecule has 0 unspecified atom stereocenters. The summed E-state index contributed by atoms with van der Waals surface area (Å²) in [7, 11) is 0. The Bertz CT molecular complexity index is 1090. The van der Waals surface area contributed by atoms with Gasteiger partial charge < -0.3 is 9.64 Å². The second-order valence-corrected chi connectivity index (χ2v) is 8.28. The average molecular weight is 417 g/mol. The quantitative estimate of drug-likeness (QED) is 0.653. The largest absolute Gasteiger partial charge is 0.491 e. The lowest BCUT2D eigenvalue weighted by Crippen LogP contribution is -2.34. The summed E-state index contributed by atoms with van der Waals surface area (Å²) in [6, 6.07) is 16.9. The molecule has 2 aliphatic heterocycles. The molecule has 0 spiro atoms. The zero-order valence-electron chi connectivity index (χ0n) is 18.0.